The molecule has 7 N–H and O–H groups in total. The summed E-state index contributed by atoms with van der Waals surface area (Å²) in [5.41, 5.74) is 0. The van der Waals surface area contributed by atoms with Gasteiger partial charge in [0.15, 0.2) is 18.7 Å². The first-order valence-corrected chi connectivity index (χ1v) is 25.9. The lowest BCUT2D eigenvalue weighted by molar-refractivity contribution is -0.332. The van der Waals surface area contributed by atoms with Gasteiger partial charge in [-0.05, 0) is 38.5 Å². The van der Waals surface area contributed by atoms with Crippen molar-refractivity contribution in [3.8, 4) is 0 Å². The van der Waals surface area contributed by atoms with Crippen LogP contribution in [-0.2, 0) is 38.0 Å². The van der Waals surface area contributed by atoms with Gasteiger partial charge >= 0.3 is 11.9 Å². The molecule has 0 saturated carbocycles. The first-order chi connectivity index (χ1) is 32.0. The summed E-state index contributed by atoms with van der Waals surface area (Å²) in [5.74, 6) is -0.934. The Morgan fingerprint density at radius 3 is 1.45 bits per heavy atom. The van der Waals surface area contributed by atoms with Crippen molar-refractivity contribution in [3.05, 3.63) is 24.3 Å². The molecule has 2 aliphatic heterocycles. The highest BCUT2D eigenvalue weighted by molar-refractivity contribution is 5.70. The maximum absolute atomic E-state index is 13.0. The lowest BCUT2D eigenvalue weighted by Crippen LogP contribution is -2.61. The monoisotopic (exact) mass is 945 g/mol. The molecule has 0 aliphatic carbocycles. The Balaban J connectivity index is 1.81. The maximum atomic E-state index is 13.0. The quantitative estimate of drug-likeness (QED) is 0.0184. The smallest absolute Gasteiger partial charge is 0.306 e. The minimum Gasteiger partial charge on any atom is -0.462 e. The van der Waals surface area contributed by atoms with E-state index in [0.29, 0.717) is 12.8 Å². The highest BCUT2D eigenvalue weighted by Crippen LogP contribution is 2.26. The van der Waals surface area contributed by atoms with Crippen molar-refractivity contribution in [2.45, 2.75) is 261 Å². The molecule has 0 aromatic rings. The second-order valence-corrected chi connectivity index (χ2v) is 18.4. The van der Waals surface area contributed by atoms with E-state index in [4.69, 9.17) is 28.4 Å². The van der Waals surface area contributed by atoms with Crippen molar-refractivity contribution in [1.29, 1.82) is 0 Å². The molecule has 11 atom stereocenters. The highest BCUT2D eigenvalue weighted by Gasteiger charge is 2.47. The fourth-order valence-electron chi connectivity index (χ4n) is 8.12. The van der Waals surface area contributed by atoms with Crippen LogP contribution < -0.4 is 0 Å². The van der Waals surface area contributed by atoms with Crippen LogP contribution in [0.2, 0.25) is 0 Å². The summed E-state index contributed by atoms with van der Waals surface area (Å²) in [6.07, 6.45) is 22.0. The van der Waals surface area contributed by atoms with Crippen molar-refractivity contribution in [1.82, 2.24) is 0 Å². The van der Waals surface area contributed by atoms with Crippen molar-refractivity contribution in [2.75, 3.05) is 26.4 Å². The fourth-order valence-corrected chi connectivity index (χ4v) is 8.12. The van der Waals surface area contributed by atoms with Gasteiger partial charge in [0.1, 0.15) is 55.4 Å². The van der Waals surface area contributed by atoms with Gasteiger partial charge in [-0.1, -0.05) is 167 Å². The number of ether oxygens (including phenoxy) is 6. The van der Waals surface area contributed by atoms with Gasteiger partial charge < -0.3 is 64.2 Å². The van der Waals surface area contributed by atoms with E-state index in [0.717, 1.165) is 64.2 Å². The van der Waals surface area contributed by atoms with E-state index in [9.17, 15) is 45.3 Å². The van der Waals surface area contributed by atoms with Gasteiger partial charge in [-0.25, -0.2) is 0 Å². The fraction of sp³-hybridized carbons (Fsp3) is 0.882. The summed E-state index contributed by atoms with van der Waals surface area (Å²) >= 11 is 0. The summed E-state index contributed by atoms with van der Waals surface area (Å²) in [7, 11) is 0. The van der Waals surface area contributed by atoms with Crippen LogP contribution in [0.5, 0.6) is 0 Å². The van der Waals surface area contributed by atoms with Crippen molar-refractivity contribution >= 4 is 11.9 Å². The van der Waals surface area contributed by atoms with Crippen LogP contribution in [0, 0.1) is 0 Å². The Morgan fingerprint density at radius 1 is 0.485 bits per heavy atom. The van der Waals surface area contributed by atoms with Gasteiger partial charge in [-0.3, -0.25) is 9.59 Å². The lowest BCUT2D eigenvalue weighted by atomic mass is 9.98. The molecule has 0 spiro atoms. The van der Waals surface area contributed by atoms with Gasteiger partial charge in [-0.2, -0.15) is 0 Å². The van der Waals surface area contributed by atoms with Crippen LogP contribution in [0.3, 0.4) is 0 Å². The third kappa shape index (κ3) is 26.7. The molecular formula is C51H92O15. The molecule has 2 fully saturated rings. The highest BCUT2D eigenvalue weighted by atomic mass is 16.7. The number of aliphatic hydroxyl groups is 7. The standard InChI is InChI=1S/C51H92O15/c1-3-5-7-9-11-13-15-17-19-20-22-23-25-27-29-31-33-42(53)61-36-39(64-43(54)34-32-30-28-26-24-21-18-16-14-12-10-8-6-4-2)37-62-50-49(60)47(58)45(56)41(66-50)38-63-51-48(59)46(57)44(55)40(35-52)65-51/h10,12,16,18,39-41,44-52,55-60H,3-9,11,13-15,17,19-38H2,1-2H3/b12-10+,18-16+/t39-,40+,41+,44-,45-,46?,47?,48?,49?,50+,51+/m0/s1. The van der Waals surface area contributed by atoms with Crippen LogP contribution >= 0.6 is 0 Å². The largest absolute Gasteiger partial charge is 0.462 e. The number of rotatable bonds is 40. The topological polar surface area (TPSA) is 231 Å². The number of carbonyl (C=O) groups is 2. The van der Waals surface area contributed by atoms with Crippen LogP contribution in [0.1, 0.15) is 194 Å². The Bertz CT molecular complexity index is 1250. The molecule has 2 rings (SSSR count). The average Bonchev–Trinajstić information content (AvgIpc) is 3.31. The Hall–Kier alpha value is -2.02. The van der Waals surface area contributed by atoms with Gasteiger partial charge in [0.2, 0.25) is 0 Å². The molecule has 2 heterocycles. The predicted molar refractivity (Wildman–Crippen MR) is 252 cm³/mol. The summed E-state index contributed by atoms with van der Waals surface area (Å²) in [5, 5.41) is 72.0. The van der Waals surface area contributed by atoms with Crippen molar-refractivity contribution in [2.24, 2.45) is 0 Å². The molecule has 0 aromatic carbocycles. The van der Waals surface area contributed by atoms with Crippen LogP contribution in [0.4, 0.5) is 0 Å². The lowest BCUT2D eigenvalue weighted by Gasteiger charge is -2.42. The third-order valence-corrected chi connectivity index (χ3v) is 12.4. The molecule has 386 valence electrons. The molecule has 2 saturated heterocycles. The van der Waals surface area contributed by atoms with E-state index in [-0.39, 0.29) is 26.1 Å². The van der Waals surface area contributed by atoms with Gasteiger partial charge in [0.25, 0.3) is 0 Å². The zero-order valence-electron chi connectivity index (χ0n) is 40.7. The average molecular weight is 945 g/mol. The van der Waals surface area contributed by atoms with E-state index >= 15 is 0 Å². The molecule has 4 unspecified atom stereocenters. The molecule has 15 nitrogen and oxygen atoms in total. The number of unbranched alkanes of at least 4 members (excludes halogenated alkanes) is 22. The van der Waals surface area contributed by atoms with Gasteiger partial charge in [0, 0.05) is 12.8 Å². The number of allylic oxidation sites excluding steroid dienone is 4. The molecule has 15 heteroatoms. The SMILES string of the molecule is CCCC/C=C/C/C=C/CCCCCCCC(=O)O[C@@H](COC(=O)CCCCCCCCCCCCCCCCCC)CO[C@@H]1O[C@H](CO[C@@H]2O[C@H](CO)[C@H](O)C(O)C2O)[C@H](O)C(O)C1O. The zero-order chi connectivity index (χ0) is 48.2. The number of esters is 2. The number of hydrogen-bond donors (Lipinski definition) is 7. The summed E-state index contributed by atoms with van der Waals surface area (Å²) in [4.78, 5) is 25.7. The summed E-state index contributed by atoms with van der Waals surface area (Å²) < 4.78 is 33.6. The number of aliphatic hydroxyl groups excluding tert-OH is 7. The molecule has 0 aromatic heterocycles. The van der Waals surface area contributed by atoms with Crippen LogP contribution in [0.15, 0.2) is 24.3 Å². The molecule has 66 heavy (non-hydrogen) atoms. The normalized spacial score (nSPS) is 26.3. The molecule has 2 aliphatic rings. The van der Waals surface area contributed by atoms with E-state index in [1.165, 1.54) is 89.9 Å². The zero-order valence-corrected chi connectivity index (χ0v) is 40.7. The van der Waals surface area contributed by atoms with Crippen LogP contribution in [-0.4, -0.2) is 142 Å². The third-order valence-electron chi connectivity index (χ3n) is 12.4. The van der Waals surface area contributed by atoms with Gasteiger partial charge in [0.05, 0.1) is 19.8 Å². The molecule has 0 amide bonds. The molecule has 0 radical (unpaired) electrons. The summed E-state index contributed by atoms with van der Waals surface area (Å²) in [6, 6.07) is 0. The van der Waals surface area contributed by atoms with Crippen molar-refractivity contribution in [3.63, 3.8) is 0 Å². The number of hydrogen-bond acceptors (Lipinski definition) is 15. The first-order valence-electron chi connectivity index (χ1n) is 25.9. The predicted octanol–water partition coefficient (Wildman–Crippen LogP) is 7.16. The van der Waals surface area contributed by atoms with Gasteiger partial charge in [-0.15, -0.1) is 0 Å². The van der Waals surface area contributed by atoms with Crippen molar-refractivity contribution < 1.29 is 73.8 Å². The molecule has 0 bridgehead atoms. The second kappa shape index (κ2) is 38.8. The van der Waals surface area contributed by atoms with Crippen LogP contribution in [0.25, 0.3) is 0 Å². The minimum atomic E-state index is -1.76. The molecular weight excluding hydrogens is 853 g/mol. The Labute approximate surface area is 396 Å². The second-order valence-electron chi connectivity index (χ2n) is 18.4. The minimum absolute atomic E-state index is 0.152. The van der Waals surface area contributed by atoms with E-state index in [2.05, 4.69) is 38.2 Å². The van der Waals surface area contributed by atoms with E-state index in [1.54, 1.807) is 0 Å². The Kier molecular flexibility index (Phi) is 35.3. The number of carbonyl (C=O) groups excluding carboxylic acids is 2. The van der Waals surface area contributed by atoms with E-state index in [1.807, 2.05) is 0 Å². The van der Waals surface area contributed by atoms with E-state index < -0.39 is 92.7 Å². The maximum Gasteiger partial charge on any atom is 0.306 e. The first kappa shape index (κ1) is 60.1. The Morgan fingerprint density at radius 2 is 0.924 bits per heavy atom. The summed E-state index contributed by atoms with van der Waals surface area (Å²) in [6.45, 7) is 2.55.